The maximum Gasteiger partial charge on any atom is 0.242 e. The average Bonchev–Trinajstić information content (AvgIpc) is 2.63. The fourth-order valence-electron chi connectivity index (χ4n) is 2.44. The van der Waals surface area contributed by atoms with Crippen LogP contribution in [-0.2, 0) is 25.2 Å². The zero-order chi connectivity index (χ0) is 16.9. The molecule has 1 atom stereocenters. The molecule has 1 fully saturated rings. The van der Waals surface area contributed by atoms with Crippen molar-refractivity contribution in [1.29, 1.82) is 0 Å². The molecule has 0 aliphatic carbocycles. The maximum absolute atomic E-state index is 13.1. The smallest absolute Gasteiger partial charge is 0.242 e. The largest absolute Gasteiger partial charge is 0.354 e. The molecule has 6 nitrogen and oxygen atoms in total. The number of carbonyl (C=O) groups excluding carboxylic acids is 2. The monoisotopic (exact) mass is 342 g/mol. The predicted molar refractivity (Wildman–Crippen MR) is 82.7 cm³/mol. The Morgan fingerprint density at radius 1 is 1.35 bits per heavy atom. The molecule has 0 unspecified atom stereocenters. The van der Waals surface area contributed by atoms with Gasteiger partial charge in [-0.2, -0.15) is 0 Å². The molecule has 1 aromatic carbocycles. The van der Waals surface area contributed by atoms with Crippen LogP contribution in [0.25, 0.3) is 0 Å². The normalized spacial score (nSPS) is 18.8. The number of amides is 2. The molecule has 1 heterocycles. The molecule has 1 aromatic rings. The summed E-state index contributed by atoms with van der Waals surface area (Å²) in [5.74, 6) is -2.69. The molecule has 2 rings (SSSR count). The molecule has 8 heteroatoms. The lowest BCUT2D eigenvalue weighted by molar-refractivity contribution is -0.127. The van der Waals surface area contributed by atoms with E-state index < -0.39 is 39.1 Å². The summed E-state index contributed by atoms with van der Waals surface area (Å²) in [5.41, 5.74) is 0.282. The summed E-state index contributed by atoms with van der Waals surface area (Å²) in [6.45, 7) is 0.559. The number of carbonyl (C=O) groups is 2. The van der Waals surface area contributed by atoms with Crippen molar-refractivity contribution in [2.24, 2.45) is 0 Å². The van der Waals surface area contributed by atoms with Gasteiger partial charge in [-0.15, -0.1) is 0 Å². The summed E-state index contributed by atoms with van der Waals surface area (Å²) >= 11 is 0. The minimum absolute atomic E-state index is 0.282. The second kappa shape index (κ2) is 7.54. The van der Waals surface area contributed by atoms with Gasteiger partial charge in [0.05, 0.1) is 5.75 Å². The van der Waals surface area contributed by atoms with Crippen LogP contribution < -0.4 is 10.6 Å². The third kappa shape index (κ3) is 5.63. The van der Waals surface area contributed by atoms with E-state index in [4.69, 9.17) is 0 Å². The van der Waals surface area contributed by atoms with Gasteiger partial charge in [-0.25, -0.2) is 12.8 Å². The summed E-state index contributed by atoms with van der Waals surface area (Å²) in [4.78, 5) is 23.6. The van der Waals surface area contributed by atoms with Crippen LogP contribution in [0, 0.1) is 5.82 Å². The van der Waals surface area contributed by atoms with Gasteiger partial charge in [0.2, 0.25) is 11.8 Å². The third-order valence-corrected chi connectivity index (χ3v) is 4.97. The molecule has 0 saturated carbocycles. The van der Waals surface area contributed by atoms with Crippen molar-refractivity contribution in [3.05, 3.63) is 35.6 Å². The van der Waals surface area contributed by atoms with Crippen molar-refractivity contribution in [2.75, 3.05) is 12.3 Å². The van der Waals surface area contributed by atoms with Crippen LogP contribution >= 0.6 is 0 Å². The van der Waals surface area contributed by atoms with Gasteiger partial charge in [-0.1, -0.05) is 12.1 Å². The van der Waals surface area contributed by atoms with Gasteiger partial charge in [0.15, 0.2) is 9.84 Å². The van der Waals surface area contributed by atoms with Gasteiger partial charge in [-0.05, 0) is 37.0 Å². The SMILES string of the molecule is O=C(CS(=O)(=O)Cc1cccc(F)c1)N[C@@H]1CCCCNC1=O. The molecular weight excluding hydrogens is 323 g/mol. The number of benzene rings is 1. The maximum atomic E-state index is 13.1. The zero-order valence-electron chi connectivity index (χ0n) is 12.5. The van der Waals surface area contributed by atoms with Crippen LogP contribution in [0.3, 0.4) is 0 Å². The Kier molecular flexibility index (Phi) is 5.70. The lowest BCUT2D eigenvalue weighted by Crippen LogP contribution is -2.47. The fourth-order valence-corrected chi connectivity index (χ4v) is 3.72. The lowest BCUT2D eigenvalue weighted by atomic mass is 10.1. The predicted octanol–water partition coefficient (Wildman–Crippen LogP) is 0.525. The van der Waals surface area contributed by atoms with Crippen molar-refractivity contribution < 1.29 is 22.4 Å². The number of rotatable bonds is 5. The van der Waals surface area contributed by atoms with Crippen molar-refractivity contribution in [3.63, 3.8) is 0 Å². The van der Waals surface area contributed by atoms with Gasteiger partial charge in [0.25, 0.3) is 0 Å². The number of hydrogen-bond donors (Lipinski definition) is 2. The molecular formula is C15H19FN2O4S. The lowest BCUT2D eigenvalue weighted by Gasteiger charge is -2.15. The Balaban J connectivity index is 1.94. The first-order valence-electron chi connectivity index (χ1n) is 7.38. The number of hydrogen-bond acceptors (Lipinski definition) is 4. The summed E-state index contributed by atoms with van der Waals surface area (Å²) in [6.07, 6.45) is 2.09. The quantitative estimate of drug-likeness (QED) is 0.816. The molecule has 1 saturated heterocycles. The van der Waals surface area contributed by atoms with Crippen LogP contribution in [0.15, 0.2) is 24.3 Å². The summed E-state index contributed by atoms with van der Waals surface area (Å²) in [5, 5.41) is 5.12. The fraction of sp³-hybridized carbons (Fsp3) is 0.467. The van der Waals surface area contributed by atoms with E-state index in [1.54, 1.807) is 0 Å². The van der Waals surface area contributed by atoms with E-state index in [1.165, 1.54) is 18.2 Å². The second-order valence-electron chi connectivity index (χ2n) is 5.57. The van der Waals surface area contributed by atoms with Gasteiger partial charge >= 0.3 is 0 Å². The molecule has 23 heavy (non-hydrogen) atoms. The van der Waals surface area contributed by atoms with E-state index in [0.29, 0.717) is 13.0 Å². The van der Waals surface area contributed by atoms with Crippen molar-refractivity contribution >= 4 is 21.7 Å². The summed E-state index contributed by atoms with van der Waals surface area (Å²) < 4.78 is 37.1. The van der Waals surface area contributed by atoms with E-state index in [9.17, 15) is 22.4 Å². The Labute approximate surface area is 134 Å². The minimum Gasteiger partial charge on any atom is -0.354 e. The molecule has 0 spiro atoms. The highest BCUT2D eigenvalue weighted by molar-refractivity contribution is 7.91. The molecule has 2 amide bonds. The van der Waals surface area contributed by atoms with Gasteiger partial charge < -0.3 is 10.6 Å². The van der Waals surface area contributed by atoms with Crippen molar-refractivity contribution in [2.45, 2.75) is 31.1 Å². The summed E-state index contributed by atoms with van der Waals surface area (Å²) in [7, 11) is -3.74. The molecule has 0 radical (unpaired) electrons. The van der Waals surface area contributed by atoms with Crippen LogP contribution in [0.1, 0.15) is 24.8 Å². The van der Waals surface area contributed by atoms with Crippen LogP contribution in [0.4, 0.5) is 4.39 Å². The topological polar surface area (TPSA) is 92.3 Å². The van der Waals surface area contributed by atoms with Gasteiger partial charge in [-0.3, -0.25) is 9.59 Å². The number of halogens is 1. The Morgan fingerprint density at radius 3 is 2.87 bits per heavy atom. The number of sulfone groups is 1. The molecule has 2 N–H and O–H groups in total. The van der Waals surface area contributed by atoms with Gasteiger partial charge in [0.1, 0.15) is 17.6 Å². The Bertz CT molecular complexity index is 690. The second-order valence-corrected chi connectivity index (χ2v) is 7.63. The number of nitrogens with one attached hydrogen (secondary N) is 2. The highest BCUT2D eigenvalue weighted by atomic mass is 32.2. The average molecular weight is 342 g/mol. The third-order valence-electron chi connectivity index (χ3n) is 3.50. The first-order valence-corrected chi connectivity index (χ1v) is 9.20. The van der Waals surface area contributed by atoms with Crippen molar-refractivity contribution in [1.82, 2.24) is 10.6 Å². The Morgan fingerprint density at radius 2 is 2.13 bits per heavy atom. The summed E-state index contributed by atoms with van der Waals surface area (Å²) in [6, 6.07) is 4.53. The molecule has 0 bridgehead atoms. The van der Waals surface area contributed by atoms with Crippen LogP contribution in [0.5, 0.6) is 0 Å². The van der Waals surface area contributed by atoms with Crippen LogP contribution in [0.2, 0.25) is 0 Å². The first-order chi connectivity index (χ1) is 10.9. The standard InChI is InChI=1S/C15H19FN2O4S/c16-12-5-3-4-11(8-12)9-23(21,22)10-14(19)18-13-6-1-2-7-17-15(13)20/h3-5,8,13H,1-2,6-7,9-10H2,(H,17,20)(H,18,19)/t13-/m1/s1. The van der Waals surface area contributed by atoms with E-state index in [2.05, 4.69) is 10.6 Å². The highest BCUT2D eigenvalue weighted by Gasteiger charge is 2.25. The van der Waals surface area contributed by atoms with E-state index in [0.717, 1.165) is 18.9 Å². The highest BCUT2D eigenvalue weighted by Crippen LogP contribution is 2.10. The van der Waals surface area contributed by atoms with E-state index >= 15 is 0 Å². The zero-order valence-corrected chi connectivity index (χ0v) is 13.4. The molecule has 1 aliphatic heterocycles. The van der Waals surface area contributed by atoms with E-state index in [1.807, 2.05) is 0 Å². The molecule has 0 aromatic heterocycles. The molecule has 1 aliphatic rings. The van der Waals surface area contributed by atoms with E-state index in [-0.39, 0.29) is 11.5 Å². The minimum atomic E-state index is -3.74. The molecule has 126 valence electrons. The van der Waals surface area contributed by atoms with Crippen LogP contribution in [-0.4, -0.2) is 38.6 Å². The first kappa shape index (κ1) is 17.4. The Hall–Kier alpha value is -1.96. The van der Waals surface area contributed by atoms with Crippen molar-refractivity contribution in [3.8, 4) is 0 Å². The van der Waals surface area contributed by atoms with Gasteiger partial charge in [0, 0.05) is 6.54 Å².